The zero-order valence-electron chi connectivity index (χ0n) is 14.2. The van der Waals surface area contributed by atoms with Gasteiger partial charge in [-0.2, -0.15) is 0 Å². The van der Waals surface area contributed by atoms with Crippen LogP contribution < -0.4 is 11.5 Å². The number of hydrogen-bond donors (Lipinski definition) is 2. The first kappa shape index (κ1) is 22.8. The average Bonchev–Trinajstić information content (AvgIpc) is 2.69. The van der Waals surface area contributed by atoms with Gasteiger partial charge in [0.2, 0.25) is 0 Å². The van der Waals surface area contributed by atoms with Crippen molar-refractivity contribution in [1.82, 2.24) is 9.80 Å². The molecule has 0 atom stereocenters. The van der Waals surface area contributed by atoms with Gasteiger partial charge in [0.1, 0.15) is 0 Å². The Morgan fingerprint density at radius 3 is 1.08 bits per heavy atom. The Morgan fingerprint density at radius 2 is 0.920 bits per heavy atom. The summed E-state index contributed by atoms with van der Waals surface area (Å²) in [5, 5.41) is 41.8. The van der Waals surface area contributed by atoms with Crippen LogP contribution in [0.3, 0.4) is 0 Å². The molecule has 9 nitrogen and oxygen atoms in total. The number of piperazine rings is 1. The van der Waals surface area contributed by atoms with Crippen molar-refractivity contribution in [3.05, 3.63) is 0 Å². The second kappa shape index (κ2) is 11.4. The zero-order valence-corrected chi connectivity index (χ0v) is 15.3. The van der Waals surface area contributed by atoms with Crippen molar-refractivity contribution >= 4 is 0 Å². The van der Waals surface area contributed by atoms with Gasteiger partial charge in [-0.15, -0.1) is 0 Å². The molecular formula is C15H24FeN9. The average molecular weight is 386 g/mol. The molecule has 1 rings (SSSR count). The summed E-state index contributed by atoms with van der Waals surface area (Å²) < 4.78 is 0. The molecule has 0 spiro atoms. The van der Waals surface area contributed by atoms with Crippen LogP contribution in [0.5, 0.6) is 0 Å². The minimum absolute atomic E-state index is 0.813. The van der Waals surface area contributed by atoms with Gasteiger partial charge in [0, 0.05) is 26.2 Å². The van der Waals surface area contributed by atoms with Crippen molar-refractivity contribution in [2.45, 2.75) is 12.8 Å². The maximum absolute atomic E-state index is 8.35. The van der Waals surface area contributed by atoms with E-state index in [1.807, 2.05) is 0 Å². The number of rotatable bonds is 6. The predicted molar refractivity (Wildman–Crippen MR) is 88.3 cm³/mol. The fraction of sp³-hybridized carbons (Fsp3) is 0.667. The minimum atomic E-state index is -4.78. The largest absolute Gasteiger partial charge is 0.330 e. The van der Waals surface area contributed by atoms with E-state index in [9.17, 15) is 0 Å². The number of hydrogen-bond acceptors (Lipinski definition) is 9. The van der Waals surface area contributed by atoms with Crippen LogP contribution in [0.25, 0.3) is 0 Å². The van der Waals surface area contributed by atoms with E-state index in [1.165, 1.54) is 64.1 Å². The molecule has 4 N–H and O–H groups in total. The van der Waals surface area contributed by atoms with Crippen molar-refractivity contribution in [2.24, 2.45) is 11.5 Å². The Balaban J connectivity index is 0.000000477. The van der Waals surface area contributed by atoms with Gasteiger partial charge in [-0.05, 0) is 39.0 Å². The van der Waals surface area contributed by atoms with Gasteiger partial charge in [-0.3, -0.25) is 0 Å². The van der Waals surface area contributed by atoms with E-state index in [0.29, 0.717) is 0 Å². The molecule has 137 valence electrons. The summed E-state index contributed by atoms with van der Waals surface area (Å²) in [6.45, 7) is 8.76. The summed E-state index contributed by atoms with van der Waals surface area (Å²) in [5.41, 5.74) is 11.0. The molecule has 25 heavy (non-hydrogen) atoms. The van der Waals surface area contributed by atoms with E-state index in [2.05, 4.69) is 9.80 Å². The first-order valence-electron chi connectivity index (χ1n) is 7.72. The van der Waals surface area contributed by atoms with Crippen LogP contribution in [0.1, 0.15) is 12.8 Å². The molecule has 0 amide bonds. The Hall–Kier alpha value is -2.19. The van der Waals surface area contributed by atoms with E-state index in [0.717, 1.165) is 25.9 Å². The number of nitrogens with zero attached hydrogens (tertiary/aromatic N) is 7. The van der Waals surface area contributed by atoms with Crippen LogP contribution in [-0.4, -0.2) is 62.2 Å². The Kier molecular flexibility index (Phi) is 10.4. The molecule has 1 aliphatic heterocycles. The van der Waals surface area contributed by atoms with Crippen LogP contribution in [-0.2, 0) is 11.8 Å². The molecular weight excluding hydrogens is 362 g/mol. The van der Waals surface area contributed by atoms with E-state index in [1.54, 1.807) is 0 Å². The minimum Gasteiger partial charge on any atom is -0.330 e. The molecule has 0 aromatic rings. The topological polar surface area (TPSA) is 177 Å². The summed E-state index contributed by atoms with van der Waals surface area (Å²) in [7, 11) is 0. The molecule has 0 aromatic carbocycles. The third kappa shape index (κ3) is 6.67. The standard InChI is InChI=1S/C10H24N4.5CN.Fe/c11-3-1-5-13-7-9-14(10-8-13)6-2-4-12;5*1-2;/h1-12H2;;;;;;. The van der Waals surface area contributed by atoms with Gasteiger partial charge in [0.15, 0.2) is 0 Å². The van der Waals surface area contributed by atoms with Gasteiger partial charge in [-0.25, -0.2) is 0 Å². The second-order valence-corrected chi connectivity index (χ2v) is 9.24. The molecule has 0 aromatic heterocycles. The molecule has 0 bridgehead atoms. The van der Waals surface area contributed by atoms with Gasteiger partial charge < -0.3 is 21.3 Å². The summed E-state index contributed by atoms with van der Waals surface area (Å²) in [5.74, 6) is 0. The van der Waals surface area contributed by atoms with Crippen LogP contribution in [0.4, 0.5) is 0 Å². The second-order valence-electron chi connectivity index (χ2n) is 5.25. The molecule has 1 saturated heterocycles. The molecule has 0 radical (unpaired) electrons. The first-order valence-corrected chi connectivity index (χ1v) is 10.5. The molecule has 0 unspecified atom stereocenters. The Labute approximate surface area is 149 Å². The molecule has 0 aliphatic carbocycles. The fourth-order valence-corrected chi connectivity index (χ4v) is 2.60. The summed E-state index contributed by atoms with van der Waals surface area (Å²) >= 11 is -4.78. The quantitative estimate of drug-likeness (QED) is 0.563. The van der Waals surface area contributed by atoms with Crippen molar-refractivity contribution in [2.75, 3.05) is 52.4 Å². The Bertz CT molecular complexity index is 505. The smallest absolute Gasteiger partial charge is 0.0110 e. The third-order valence-electron chi connectivity index (χ3n) is 3.61. The van der Waals surface area contributed by atoms with Crippen molar-refractivity contribution in [1.29, 1.82) is 26.3 Å². The van der Waals surface area contributed by atoms with E-state index in [4.69, 9.17) is 37.8 Å². The summed E-state index contributed by atoms with van der Waals surface area (Å²) in [6.07, 6.45) is 2.26. The van der Waals surface area contributed by atoms with Crippen LogP contribution >= 0.6 is 0 Å². The molecule has 1 fully saturated rings. The van der Waals surface area contributed by atoms with E-state index in [-0.39, 0.29) is 0 Å². The molecule has 10 heteroatoms. The van der Waals surface area contributed by atoms with Crippen molar-refractivity contribution in [3.63, 3.8) is 0 Å². The Morgan fingerprint density at radius 1 is 0.640 bits per heavy atom. The SMILES string of the molecule is N#[C][Fe]([C]#N)([C]#N)([C]#N)[C]#N.NCCCN1CCN(CCCN)CC1. The van der Waals surface area contributed by atoms with Crippen molar-refractivity contribution in [3.8, 4) is 24.8 Å². The third-order valence-corrected chi connectivity index (χ3v) is 6.08. The molecule has 1 heterocycles. The van der Waals surface area contributed by atoms with Gasteiger partial charge in [-0.1, -0.05) is 0 Å². The van der Waals surface area contributed by atoms with E-state index >= 15 is 0 Å². The predicted octanol–water partition coefficient (Wildman–Crippen LogP) is -0.617. The van der Waals surface area contributed by atoms with Gasteiger partial charge >= 0.3 is 62.9 Å². The monoisotopic (exact) mass is 386 g/mol. The first-order chi connectivity index (χ1) is 12.0. The molecule has 1 aliphatic rings. The number of nitriles is 5. The van der Waals surface area contributed by atoms with Crippen LogP contribution in [0, 0.1) is 51.1 Å². The normalized spacial score (nSPS) is 16.3. The van der Waals surface area contributed by atoms with Gasteiger partial charge in [0.25, 0.3) is 0 Å². The summed E-state index contributed by atoms with van der Waals surface area (Å²) in [6, 6.07) is 0. The zero-order chi connectivity index (χ0) is 19.2. The van der Waals surface area contributed by atoms with E-state index < -0.39 is 11.8 Å². The molecule has 0 saturated carbocycles. The van der Waals surface area contributed by atoms with Crippen molar-refractivity contribution < 1.29 is 11.8 Å². The summed E-state index contributed by atoms with van der Waals surface area (Å²) in [4.78, 5) is 11.1. The van der Waals surface area contributed by atoms with Crippen LogP contribution in [0.2, 0.25) is 0 Å². The fourth-order valence-electron chi connectivity index (χ4n) is 2.04. The van der Waals surface area contributed by atoms with Gasteiger partial charge in [0.05, 0.1) is 0 Å². The number of nitrogens with two attached hydrogens (primary N) is 2. The maximum Gasteiger partial charge on any atom is 0.0110 e. The maximum atomic E-state index is 8.35. The van der Waals surface area contributed by atoms with Crippen LogP contribution in [0.15, 0.2) is 0 Å².